The Hall–Kier alpha value is -3.23. The topological polar surface area (TPSA) is 44.8 Å². The van der Waals surface area contributed by atoms with Gasteiger partial charge in [-0.05, 0) is 35.4 Å². The number of ether oxygens (including phenoxy) is 3. The Bertz CT molecular complexity index is 1110. The molecule has 33 heavy (non-hydrogen) atoms. The molecule has 1 heterocycles. The standard InChI is InChI=1S/C25H20F4O4/c1-14-11-32-25(33-12-14)17-9-18(26)22(19(27)10-17)16-7-20(28)23(21(29)8-16)24(30)31-13-15-5-3-2-4-6-15/h2-10,14,25H,11-13H2,1H3. The zero-order valence-electron chi connectivity index (χ0n) is 17.6. The van der Waals surface area contributed by atoms with E-state index in [1.165, 1.54) is 0 Å². The molecule has 0 amide bonds. The maximum absolute atomic E-state index is 14.8. The SMILES string of the molecule is CC1COC(c2cc(F)c(-c3cc(F)c(C(=O)OCc4ccccc4)c(F)c3)c(F)c2)OC1. The van der Waals surface area contributed by atoms with Crippen LogP contribution >= 0.6 is 0 Å². The Morgan fingerprint density at radius 3 is 2.06 bits per heavy atom. The zero-order valence-corrected chi connectivity index (χ0v) is 17.6. The van der Waals surface area contributed by atoms with Crippen molar-refractivity contribution >= 4 is 5.97 Å². The van der Waals surface area contributed by atoms with Gasteiger partial charge in [0.1, 0.15) is 35.4 Å². The molecule has 3 aromatic rings. The molecule has 0 aromatic heterocycles. The number of hydrogen-bond acceptors (Lipinski definition) is 4. The van der Waals surface area contributed by atoms with Gasteiger partial charge in [0.05, 0.1) is 18.8 Å². The fourth-order valence-corrected chi connectivity index (χ4v) is 3.50. The highest BCUT2D eigenvalue weighted by molar-refractivity contribution is 5.91. The largest absolute Gasteiger partial charge is 0.457 e. The van der Waals surface area contributed by atoms with Gasteiger partial charge in [-0.25, -0.2) is 22.4 Å². The average Bonchev–Trinajstić information content (AvgIpc) is 2.78. The maximum atomic E-state index is 14.8. The summed E-state index contributed by atoms with van der Waals surface area (Å²) in [6.45, 7) is 2.46. The van der Waals surface area contributed by atoms with Gasteiger partial charge in [-0.15, -0.1) is 0 Å². The Kier molecular flexibility index (Phi) is 6.76. The van der Waals surface area contributed by atoms with E-state index in [2.05, 4.69) is 0 Å². The molecule has 1 fully saturated rings. The van der Waals surface area contributed by atoms with E-state index in [1.54, 1.807) is 30.3 Å². The summed E-state index contributed by atoms with van der Waals surface area (Å²) in [4.78, 5) is 12.2. The summed E-state index contributed by atoms with van der Waals surface area (Å²) < 4.78 is 74.6. The van der Waals surface area contributed by atoms with Crippen molar-refractivity contribution in [1.29, 1.82) is 0 Å². The van der Waals surface area contributed by atoms with E-state index in [1.807, 2.05) is 6.92 Å². The summed E-state index contributed by atoms with van der Waals surface area (Å²) in [7, 11) is 0. The van der Waals surface area contributed by atoms with E-state index in [0.717, 1.165) is 12.1 Å². The van der Waals surface area contributed by atoms with Crippen molar-refractivity contribution in [2.45, 2.75) is 19.8 Å². The Morgan fingerprint density at radius 2 is 1.48 bits per heavy atom. The van der Waals surface area contributed by atoms with Gasteiger partial charge >= 0.3 is 5.97 Å². The molecule has 0 bridgehead atoms. The second kappa shape index (κ2) is 9.72. The molecule has 0 N–H and O–H groups in total. The number of carbonyl (C=O) groups excluding carboxylic acids is 1. The van der Waals surface area contributed by atoms with E-state index >= 15 is 0 Å². The first kappa shape index (κ1) is 22.9. The molecule has 3 aromatic carbocycles. The third kappa shape index (κ3) is 5.07. The van der Waals surface area contributed by atoms with Crippen LogP contribution in [-0.2, 0) is 20.8 Å². The molecule has 8 heteroatoms. The molecule has 0 radical (unpaired) electrons. The third-order valence-corrected chi connectivity index (χ3v) is 5.15. The first-order valence-corrected chi connectivity index (χ1v) is 10.3. The molecule has 0 aliphatic carbocycles. The number of carbonyl (C=O) groups is 1. The van der Waals surface area contributed by atoms with Gasteiger partial charge in [0.15, 0.2) is 6.29 Å². The normalized spacial score (nSPS) is 18.2. The van der Waals surface area contributed by atoms with Gasteiger partial charge in [-0.3, -0.25) is 0 Å². The second-order valence-corrected chi connectivity index (χ2v) is 7.84. The van der Waals surface area contributed by atoms with Crippen LogP contribution in [0.4, 0.5) is 17.6 Å². The maximum Gasteiger partial charge on any atom is 0.344 e. The summed E-state index contributed by atoms with van der Waals surface area (Å²) in [6.07, 6.45) is -0.936. The van der Waals surface area contributed by atoms with Gasteiger partial charge in [-0.1, -0.05) is 37.3 Å². The van der Waals surface area contributed by atoms with Crippen LogP contribution in [-0.4, -0.2) is 19.2 Å². The van der Waals surface area contributed by atoms with Gasteiger partial charge in [0, 0.05) is 11.5 Å². The molecule has 4 rings (SSSR count). The molecule has 1 saturated heterocycles. The Morgan fingerprint density at radius 1 is 0.909 bits per heavy atom. The summed E-state index contributed by atoms with van der Waals surface area (Å²) in [6, 6.07) is 12.0. The summed E-state index contributed by atoms with van der Waals surface area (Å²) >= 11 is 0. The highest BCUT2D eigenvalue weighted by Gasteiger charge is 2.26. The molecule has 0 unspecified atom stereocenters. The van der Waals surface area contributed by atoms with Crippen LogP contribution in [0.5, 0.6) is 0 Å². The molecule has 4 nitrogen and oxygen atoms in total. The minimum Gasteiger partial charge on any atom is -0.457 e. The molecular formula is C25H20F4O4. The summed E-state index contributed by atoms with van der Waals surface area (Å²) in [5, 5.41) is 0. The lowest BCUT2D eigenvalue weighted by Gasteiger charge is -2.27. The lowest BCUT2D eigenvalue weighted by atomic mass is 9.99. The van der Waals surface area contributed by atoms with Crippen molar-refractivity contribution in [2.24, 2.45) is 5.92 Å². The Labute approximate surface area is 187 Å². The van der Waals surface area contributed by atoms with Crippen molar-refractivity contribution in [1.82, 2.24) is 0 Å². The van der Waals surface area contributed by atoms with Crippen LogP contribution in [0.15, 0.2) is 54.6 Å². The van der Waals surface area contributed by atoms with Crippen LogP contribution in [0.1, 0.15) is 34.7 Å². The highest BCUT2D eigenvalue weighted by Crippen LogP contribution is 2.33. The number of esters is 1. The fraction of sp³-hybridized carbons (Fsp3) is 0.240. The zero-order chi connectivity index (χ0) is 23.5. The van der Waals surface area contributed by atoms with Crippen molar-refractivity contribution in [3.63, 3.8) is 0 Å². The fourth-order valence-electron chi connectivity index (χ4n) is 3.50. The van der Waals surface area contributed by atoms with Crippen LogP contribution in [0.3, 0.4) is 0 Å². The highest BCUT2D eigenvalue weighted by atomic mass is 19.1. The third-order valence-electron chi connectivity index (χ3n) is 5.15. The predicted molar refractivity (Wildman–Crippen MR) is 111 cm³/mol. The molecule has 172 valence electrons. The lowest BCUT2D eigenvalue weighted by molar-refractivity contribution is -0.202. The van der Waals surface area contributed by atoms with E-state index in [0.29, 0.717) is 30.9 Å². The number of benzene rings is 3. The number of halogens is 4. The molecule has 0 saturated carbocycles. The quantitative estimate of drug-likeness (QED) is 0.349. The van der Waals surface area contributed by atoms with E-state index < -0.39 is 52.2 Å². The van der Waals surface area contributed by atoms with Crippen molar-refractivity contribution in [3.05, 3.63) is 94.6 Å². The molecular weight excluding hydrogens is 440 g/mol. The van der Waals surface area contributed by atoms with E-state index in [4.69, 9.17) is 14.2 Å². The number of hydrogen-bond donors (Lipinski definition) is 0. The van der Waals surface area contributed by atoms with Crippen LogP contribution in [0, 0.1) is 29.2 Å². The first-order valence-electron chi connectivity index (χ1n) is 10.3. The molecule has 1 aliphatic rings. The second-order valence-electron chi connectivity index (χ2n) is 7.84. The molecule has 1 aliphatic heterocycles. The number of rotatable bonds is 5. The van der Waals surface area contributed by atoms with Crippen molar-refractivity contribution < 1.29 is 36.6 Å². The minimum absolute atomic E-state index is 0.114. The lowest BCUT2D eigenvalue weighted by Crippen LogP contribution is -2.25. The van der Waals surface area contributed by atoms with Gasteiger partial charge in [0.25, 0.3) is 0 Å². The predicted octanol–water partition coefficient (Wildman–Crippen LogP) is 5.95. The average molecular weight is 460 g/mol. The minimum atomic E-state index is -1.29. The van der Waals surface area contributed by atoms with E-state index in [-0.39, 0.29) is 18.1 Å². The van der Waals surface area contributed by atoms with Crippen LogP contribution < -0.4 is 0 Å². The summed E-state index contributed by atoms with van der Waals surface area (Å²) in [5.74, 6) is -5.75. The smallest absolute Gasteiger partial charge is 0.344 e. The monoisotopic (exact) mass is 460 g/mol. The van der Waals surface area contributed by atoms with E-state index in [9.17, 15) is 22.4 Å². The first-order chi connectivity index (χ1) is 15.8. The van der Waals surface area contributed by atoms with Crippen molar-refractivity contribution in [2.75, 3.05) is 13.2 Å². The molecule has 0 spiro atoms. The van der Waals surface area contributed by atoms with Gasteiger partial charge in [-0.2, -0.15) is 0 Å². The van der Waals surface area contributed by atoms with Crippen molar-refractivity contribution in [3.8, 4) is 11.1 Å². The Balaban J connectivity index is 1.58. The summed E-state index contributed by atoms with van der Waals surface area (Å²) in [5.41, 5.74) is -1.23. The van der Waals surface area contributed by atoms with Crippen LogP contribution in [0.25, 0.3) is 11.1 Å². The molecule has 0 atom stereocenters. The van der Waals surface area contributed by atoms with Gasteiger partial charge < -0.3 is 14.2 Å². The van der Waals surface area contributed by atoms with Crippen LogP contribution in [0.2, 0.25) is 0 Å². The van der Waals surface area contributed by atoms with Gasteiger partial charge in [0.2, 0.25) is 0 Å².